The summed E-state index contributed by atoms with van der Waals surface area (Å²) in [5, 5.41) is 3.04. The normalized spacial score (nSPS) is 17.3. The molecule has 30 heavy (non-hydrogen) atoms. The number of nitrogens with zero attached hydrogens (tertiary/aromatic N) is 1. The first kappa shape index (κ1) is 21.3. The summed E-state index contributed by atoms with van der Waals surface area (Å²) >= 11 is 0. The maximum absolute atomic E-state index is 11.8. The Hall–Kier alpha value is -1.90. The molecule has 2 aromatic carbocycles. The van der Waals surface area contributed by atoms with Crippen molar-refractivity contribution in [2.75, 3.05) is 13.2 Å². The van der Waals surface area contributed by atoms with Gasteiger partial charge in [-0.05, 0) is 60.1 Å². The van der Waals surface area contributed by atoms with Crippen molar-refractivity contribution < 1.29 is 9.53 Å². The number of hydrogen-bond acceptors (Lipinski definition) is 3. The van der Waals surface area contributed by atoms with Gasteiger partial charge < -0.3 is 10.1 Å². The Balaban J connectivity index is 1.32. The summed E-state index contributed by atoms with van der Waals surface area (Å²) in [5.41, 5.74) is 7.13. The zero-order chi connectivity index (χ0) is 21.1. The Morgan fingerprint density at radius 2 is 1.93 bits per heavy atom. The lowest BCUT2D eigenvalue weighted by atomic mass is 9.94. The number of amides is 1. The highest BCUT2D eigenvalue weighted by Gasteiger charge is 2.29. The van der Waals surface area contributed by atoms with E-state index in [1.165, 1.54) is 27.8 Å². The molecule has 160 valence electrons. The second kappa shape index (κ2) is 9.49. The number of ether oxygens (including phenoxy) is 1. The second-order valence-electron chi connectivity index (χ2n) is 8.88. The van der Waals surface area contributed by atoms with E-state index in [-0.39, 0.29) is 11.8 Å². The summed E-state index contributed by atoms with van der Waals surface area (Å²) in [7, 11) is 2.79. The molecule has 1 amide bonds. The van der Waals surface area contributed by atoms with Gasteiger partial charge in [0.05, 0.1) is 6.61 Å². The lowest BCUT2D eigenvalue weighted by Crippen LogP contribution is -2.30. The van der Waals surface area contributed by atoms with E-state index in [1.807, 2.05) is 0 Å². The Labute approximate surface area is 182 Å². The molecule has 0 aromatic heterocycles. The zero-order valence-electron chi connectivity index (χ0n) is 18.1. The fourth-order valence-electron chi connectivity index (χ4n) is 4.09. The van der Waals surface area contributed by atoms with Crippen molar-refractivity contribution in [3.8, 4) is 5.75 Å². The molecular formula is C25H33N2O2P. The fraction of sp³-hybridized carbons (Fsp3) is 0.480. The molecule has 1 aliphatic heterocycles. The van der Waals surface area contributed by atoms with E-state index < -0.39 is 0 Å². The quantitative estimate of drug-likeness (QED) is 0.645. The Morgan fingerprint density at radius 1 is 1.20 bits per heavy atom. The van der Waals surface area contributed by atoms with Crippen LogP contribution in [0.2, 0.25) is 0 Å². The van der Waals surface area contributed by atoms with Crippen LogP contribution in [0.1, 0.15) is 47.6 Å². The van der Waals surface area contributed by atoms with Crippen LogP contribution in [0.3, 0.4) is 0 Å². The number of hydrogen-bond donors (Lipinski definition) is 1. The van der Waals surface area contributed by atoms with E-state index >= 15 is 0 Å². The van der Waals surface area contributed by atoms with E-state index in [1.54, 1.807) is 0 Å². The van der Waals surface area contributed by atoms with E-state index in [2.05, 4.69) is 69.7 Å². The van der Waals surface area contributed by atoms with Gasteiger partial charge in [-0.1, -0.05) is 37.3 Å². The van der Waals surface area contributed by atoms with Crippen LogP contribution in [0.25, 0.3) is 0 Å². The predicted octanol–water partition coefficient (Wildman–Crippen LogP) is 4.22. The van der Waals surface area contributed by atoms with Gasteiger partial charge in [0.15, 0.2) is 0 Å². The molecule has 2 atom stereocenters. The van der Waals surface area contributed by atoms with Crippen LogP contribution in [-0.2, 0) is 30.8 Å². The van der Waals surface area contributed by atoms with Crippen molar-refractivity contribution in [1.82, 2.24) is 10.2 Å². The van der Waals surface area contributed by atoms with E-state index in [0.29, 0.717) is 12.2 Å². The molecule has 5 heteroatoms. The number of rotatable bonds is 8. The van der Waals surface area contributed by atoms with Crippen LogP contribution in [0.4, 0.5) is 0 Å². The van der Waals surface area contributed by atoms with Crippen LogP contribution >= 0.6 is 9.24 Å². The van der Waals surface area contributed by atoms with Crippen molar-refractivity contribution >= 4 is 15.1 Å². The minimum atomic E-state index is 0.206. The maximum atomic E-state index is 11.8. The number of nitrogens with one attached hydrogen (secondary N) is 1. The standard InChI is InChI=1S/C25H33N2O2P/c1-17(30)16-29-24-10-9-22-15-27(12-11-23(22)18(24)2)14-20-5-3-19(4-6-20)13-26-25(28)21-7-8-21/h3-6,9-10,17,21H,7-8,11-16,30H2,1-2H3,(H,26,28). The summed E-state index contributed by atoms with van der Waals surface area (Å²) in [6, 6.07) is 13.0. The molecule has 0 saturated heterocycles. The van der Waals surface area contributed by atoms with Crippen LogP contribution < -0.4 is 10.1 Å². The third-order valence-electron chi connectivity index (χ3n) is 6.06. The molecular weight excluding hydrogens is 391 g/mol. The van der Waals surface area contributed by atoms with Crippen molar-refractivity contribution in [2.24, 2.45) is 5.92 Å². The molecule has 4 rings (SSSR count). The van der Waals surface area contributed by atoms with Gasteiger partial charge in [0.1, 0.15) is 5.75 Å². The molecule has 2 aliphatic rings. The fourth-order valence-corrected chi connectivity index (χ4v) is 4.19. The van der Waals surface area contributed by atoms with Gasteiger partial charge in [0.2, 0.25) is 5.91 Å². The molecule has 1 aliphatic carbocycles. The largest absolute Gasteiger partial charge is 0.493 e. The minimum absolute atomic E-state index is 0.206. The summed E-state index contributed by atoms with van der Waals surface area (Å²) in [5.74, 6) is 1.51. The number of fused-ring (bicyclic) bond motifs is 1. The van der Waals surface area contributed by atoms with Gasteiger partial charge >= 0.3 is 0 Å². The van der Waals surface area contributed by atoms with Crippen LogP contribution in [0.15, 0.2) is 36.4 Å². The van der Waals surface area contributed by atoms with Crippen molar-refractivity contribution in [2.45, 2.75) is 58.4 Å². The maximum Gasteiger partial charge on any atom is 0.223 e. The molecule has 0 spiro atoms. The summed E-state index contributed by atoms with van der Waals surface area (Å²) in [6.45, 7) is 8.70. The molecule has 4 nitrogen and oxygen atoms in total. The lowest BCUT2D eigenvalue weighted by Gasteiger charge is -2.30. The van der Waals surface area contributed by atoms with Crippen LogP contribution in [-0.4, -0.2) is 29.6 Å². The van der Waals surface area contributed by atoms with Crippen molar-refractivity contribution in [1.29, 1.82) is 0 Å². The molecule has 1 saturated carbocycles. The number of benzene rings is 2. The summed E-state index contributed by atoms with van der Waals surface area (Å²) in [4.78, 5) is 14.3. The topological polar surface area (TPSA) is 41.6 Å². The first-order valence-corrected chi connectivity index (χ1v) is 11.7. The van der Waals surface area contributed by atoms with E-state index in [0.717, 1.165) is 51.3 Å². The highest BCUT2D eigenvalue weighted by Crippen LogP contribution is 2.30. The minimum Gasteiger partial charge on any atom is -0.493 e. The highest BCUT2D eigenvalue weighted by atomic mass is 31.0. The van der Waals surface area contributed by atoms with Crippen molar-refractivity contribution in [3.63, 3.8) is 0 Å². The second-order valence-corrected chi connectivity index (χ2v) is 10.0. The van der Waals surface area contributed by atoms with Crippen LogP contribution in [0, 0.1) is 12.8 Å². The highest BCUT2D eigenvalue weighted by molar-refractivity contribution is 7.17. The SMILES string of the molecule is Cc1c(OCC(C)P)ccc2c1CCN(Cc1ccc(CNC(=O)C3CC3)cc1)C2. The molecule has 2 aromatic rings. The smallest absolute Gasteiger partial charge is 0.223 e. The van der Waals surface area contributed by atoms with E-state index in [4.69, 9.17) is 4.74 Å². The zero-order valence-corrected chi connectivity index (χ0v) is 19.3. The van der Waals surface area contributed by atoms with Gasteiger partial charge in [0.25, 0.3) is 0 Å². The molecule has 1 N–H and O–H groups in total. The monoisotopic (exact) mass is 424 g/mol. The Morgan fingerprint density at radius 3 is 2.63 bits per heavy atom. The lowest BCUT2D eigenvalue weighted by molar-refractivity contribution is -0.122. The predicted molar refractivity (Wildman–Crippen MR) is 125 cm³/mol. The van der Waals surface area contributed by atoms with Gasteiger partial charge in [-0.25, -0.2) is 0 Å². The first-order chi connectivity index (χ1) is 14.5. The van der Waals surface area contributed by atoms with Crippen molar-refractivity contribution in [3.05, 3.63) is 64.2 Å². The Kier molecular flexibility index (Phi) is 6.75. The van der Waals surface area contributed by atoms with Gasteiger partial charge in [-0.15, -0.1) is 9.24 Å². The summed E-state index contributed by atoms with van der Waals surface area (Å²) < 4.78 is 5.99. The first-order valence-electron chi connectivity index (χ1n) is 11.1. The number of carbonyl (C=O) groups is 1. The number of carbonyl (C=O) groups excluding carboxylic acids is 1. The Bertz CT molecular complexity index is 891. The average molecular weight is 425 g/mol. The average Bonchev–Trinajstić information content (AvgIpc) is 3.58. The molecule has 1 fully saturated rings. The third kappa shape index (κ3) is 5.42. The molecule has 0 bridgehead atoms. The summed E-state index contributed by atoms with van der Waals surface area (Å²) in [6.07, 6.45) is 3.17. The van der Waals surface area contributed by atoms with E-state index in [9.17, 15) is 4.79 Å². The molecule has 1 heterocycles. The third-order valence-corrected chi connectivity index (χ3v) is 6.26. The van der Waals surface area contributed by atoms with Gasteiger partial charge in [0, 0.05) is 37.8 Å². The molecule has 2 unspecified atom stereocenters. The van der Waals surface area contributed by atoms with Crippen LogP contribution in [0.5, 0.6) is 5.75 Å². The van der Waals surface area contributed by atoms with Gasteiger partial charge in [-0.2, -0.15) is 0 Å². The van der Waals surface area contributed by atoms with Gasteiger partial charge in [-0.3, -0.25) is 9.69 Å². The molecule has 0 radical (unpaired) electrons.